The second-order valence-corrected chi connectivity index (χ2v) is 3.25. The molecule has 0 radical (unpaired) electrons. The Morgan fingerprint density at radius 1 is 1.22 bits per heavy atom. The molecule has 0 saturated heterocycles. The molecule has 0 heterocycles. The first-order valence-electron chi connectivity index (χ1n) is 4.00. The Kier molecular flexibility index (Phi) is 2.52. The zero-order chi connectivity index (χ0) is 6.69. The van der Waals surface area contributed by atoms with Crippen molar-refractivity contribution < 1.29 is 1.43 Å². The van der Waals surface area contributed by atoms with Crippen LogP contribution in [0.15, 0.2) is 0 Å². The van der Waals surface area contributed by atoms with Crippen molar-refractivity contribution in [2.45, 2.75) is 38.6 Å². The lowest BCUT2D eigenvalue weighted by molar-refractivity contribution is 0.319. The van der Waals surface area contributed by atoms with E-state index in [-0.39, 0.29) is 1.43 Å². The van der Waals surface area contributed by atoms with E-state index in [1.807, 2.05) is 0 Å². The van der Waals surface area contributed by atoms with Crippen molar-refractivity contribution >= 4 is 0 Å². The van der Waals surface area contributed by atoms with Crippen LogP contribution in [0.4, 0.5) is 0 Å². The molecular weight excluding hydrogens is 110 g/mol. The molecule has 0 aliphatic heterocycles. The van der Waals surface area contributed by atoms with Crippen molar-refractivity contribution in [3.05, 3.63) is 0 Å². The van der Waals surface area contributed by atoms with Crippen LogP contribution in [0, 0.1) is 5.92 Å². The molecule has 0 bridgehead atoms. The molecule has 1 saturated carbocycles. The van der Waals surface area contributed by atoms with Gasteiger partial charge in [-0.05, 0) is 38.6 Å². The molecular formula is C8H19N. The maximum Gasteiger partial charge on any atom is 0.00642 e. The first kappa shape index (κ1) is 7.07. The summed E-state index contributed by atoms with van der Waals surface area (Å²) < 4.78 is 0. The van der Waals surface area contributed by atoms with E-state index in [0.29, 0.717) is 0 Å². The first-order valence-corrected chi connectivity index (χ1v) is 4.00. The lowest BCUT2D eigenvalue weighted by Gasteiger charge is -2.25. The second-order valence-electron chi connectivity index (χ2n) is 3.25. The van der Waals surface area contributed by atoms with Crippen molar-refractivity contribution in [2.24, 2.45) is 5.92 Å². The molecule has 1 N–H and O–H groups in total. The summed E-state index contributed by atoms with van der Waals surface area (Å²) in [6.45, 7) is 2.35. The van der Waals surface area contributed by atoms with Gasteiger partial charge in [0.15, 0.2) is 0 Å². The molecule has 0 aromatic heterocycles. The number of hydrogen-bond donors (Lipinski definition) is 1. The fraction of sp³-hybridized carbons (Fsp3) is 1.00. The van der Waals surface area contributed by atoms with Gasteiger partial charge in [-0.25, -0.2) is 0 Å². The van der Waals surface area contributed by atoms with E-state index < -0.39 is 0 Å². The number of rotatable bonds is 1. The van der Waals surface area contributed by atoms with Crippen LogP contribution in [0.25, 0.3) is 0 Å². The van der Waals surface area contributed by atoms with Gasteiger partial charge in [0.1, 0.15) is 0 Å². The standard InChI is InChI=1S/C8H17N.H2/c1-7-3-5-8(9-2)6-4-7;/h7-9H,3-6H2,1-2H3;1H. The summed E-state index contributed by atoms with van der Waals surface area (Å²) in [7, 11) is 2.07. The molecule has 9 heavy (non-hydrogen) atoms. The second kappa shape index (κ2) is 3.21. The molecule has 0 aromatic carbocycles. The van der Waals surface area contributed by atoms with Crippen LogP contribution < -0.4 is 5.32 Å². The highest BCUT2D eigenvalue weighted by Crippen LogP contribution is 2.22. The molecule has 0 unspecified atom stereocenters. The quantitative estimate of drug-likeness (QED) is 0.571. The average molecular weight is 129 g/mol. The highest BCUT2D eigenvalue weighted by Gasteiger charge is 2.15. The molecule has 1 nitrogen and oxygen atoms in total. The maximum atomic E-state index is 3.32. The lowest BCUT2D eigenvalue weighted by atomic mass is 9.87. The minimum Gasteiger partial charge on any atom is -0.317 e. The molecule has 0 spiro atoms. The molecule has 1 aliphatic rings. The molecule has 56 valence electrons. The van der Waals surface area contributed by atoms with Gasteiger partial charge in [0.05, 0.1) is 0 Å². The molecule has 1 aliphatic carbocycles. The van der Waals surface area contributed by atoms with Crippen LogP contribution in [-0.2, 0) is 0 Å². The minimum atomic E-state index is 0. The number of hydrogen-bond acceptors (Lipinski definition) is 1. The normalized spacial score (nSPS) is 36.7. The van der Waals surface area contributed by atoms with E-state index in [2.05, 4.69) is 19.3 Å². The molecule has 0 atom stereocenters. The third-order valence-electron chi connectivity index (χ3n) is 2.42. The number of nitrogens with one attached hydrogen (secondary N) is 1. The SMILES string of the molecule is CNC1CCC(C)CC1.[HH]. The summed E-state index contributed by atoms with van der Waals surface area (Å²) in [6, 6.07) is 0.821. The zero-order valence-electron chi connectivity index (χ0n) is 6.48. The summed E-state index contributed by atoms with van der Waals surface area (Å²) in [5.41, 5.74) is 0. The molecule has 1 rings (SSSR count). The van der Waals surface area contributed by atoms with Gasteiger partial charge in [-0.3, -0.25) is 0 Å². The smallest absolute Gasteiger partial charge is 0.00642 e. The highest BCUT2D eigenvalue weighted by atomic mass is 14.9. The summed E-state index contributed by atoms with van der Waals surface area (Å²) >= 11 is 0. The Bertz CT molecular complexity index is 77.3. The van der Waals surface area contributed by atoms with E-state index in [1.54, 1.807) is 0 Å². The van der Waals surface area contributed by atoms with Gasteiger partial charge >= 0.3 is 0 Å². The summed E-state index contributed by atoms with van der Waals surface area (Å²) in [5, 5.41) is 3.32. The van der Waals surface area contributed by atoms with Gasteiger partial charge in [-0.15, -0.1) is 0 Å². The van der Waals surface area contributed by atoms with Crippen LogP contribution in [0.5, 0.6) is 0 Å². The van der Waals surface area contributed by atoms with Crippen LogP contribution in [0.1, 0.15) is 34.0 Å². The van der Waals surface area contributed by atoms with Crippen LogP contribution in [0.2, 0.25) is 0 Å². The van der Waals surface area contributed by atoms with E-state index >= 15 is 0 Å². The Labute approximate surface area is 59.3 Å². The molecule has 1 fully saturated rings. The van der Waals surface area contributed by atoms with Crippen molar-refractivity contribution in [1.82, 2.24) is 5.32 Å². The predicted molar refractivity (Wildman–Crippen MR) is 42.6 cm³/mol. The maximum absolute atomic E-state index is 3.32. The van der Waals surface area contributed by atoms with Crippen LogP contribution >= 0.6 is 0 Å². The van der Waals surface area contributed by atoms with E-state index in [1.165, 1.54) is 25.7 Å². The molecule has 0 aromatic rings. The molecule has 1 heteroatoms. The fourth-order valence-corrected chi connectivity index (χ4v) is 1.55. The monoisotopic (exact) mass is 129 g/mol. The largest absolute Gasteiger partial charge is 0.317 e. The Morgan fingerprint density at radius 2 is 1.78 bits per heavy atom. The summed E-state index contributed by atoms with van der Waals surface area (Å²) in [4.78, 5) is 0. The van der Waals surface area contributed by atoms with Crippen molar-refractivity contribution in [2.75, 3.05) is 7.05 Å². The third kappa shape index (κ3) is 1.98. The average Bonchev–Trinajstić information content (AvgIpc) is 1.90. The minimum absolute atomic E-state index is 0. The summed E-state index contributed by atoms with van der Waals surface area (Å²) in [6.07, 6.45) is 5.62. The Hall–Kier alpha value is -0.0400. The fourth-order valence-electron chi connectivity index (χ4n) is 1.55. The van der Waals surface area contributed by atoms with Crippen molar-refractivity contribution in [3.8, 4) is 0 Å². The summed E-state index contributed by atoms with van der Waals surface area (Å²) in [5.74, 6) is 0.981. The van der Waals surface area contributed by atoms with Crippen molar-refractivity contribution in [3.63, 3.8) is 0 Å². The Morgan fingerprint density at radius 3 is 2.22 bits per heavy atom. The van der Waals surface area contributed by atoms with E-state index in [4.69, 9.17) is 0 Å². The van der Waals surface area contributed by atoms with Gasteiger partial charge in [0, 0.05) is 7.47 Å². The van der Waals surface area contributed by atoms with Gasteiger partial charge in [0.25, 0.3) is 0 Å². The first-order chi connectivity index (χ1) is 4.33. The van der Waals surface area contributed by atoms with Gasteiger partial charge in [-0.1, -0.05) is 6.92 Å². The van der Waals surface area contributed by atoms with E-state index in [9.17, 15) is 0 Å². The Balaban J connectivity index is 0.000000810. The lowest BCUT2D eigenvalue weighted by Crippen LogP contribution is -2.29. The van der Waals surface area contributed by atoms with Crippen LogP contribution in [-0.4, -0.2) is 13.1 Å². The van der Waals surface area contributed by atoms with Gasteiger partial charge in [-0.2, -0.15) is 0 Å². The van der Waals surface area contributed by atoms with Gasteiger partial charge in [0.2, 0.25) is 0 Å². The highest BCUT2D eigenvalue weighted by molar-refractivity contribution is 4.73. The van der Waals surface area contributed by atoms with Gasteiger partial charge < -0.3 is 5.32 Å². The topological polar surface area (TPSA) is 12.0 Å². The van der Waals surface area contributed by atoms with E-state index in [0.717, 1.165) is 12.0 Å². The molecule has 0 amide bonds. The van der Waals surface area contributed by atoms with Crippen LogP contribution in [0.3, 0.4) is 0 Å². The van der Waals surface area contributed by atoms with Crippen molar-refractivity contribution in [1.29, 1.82) is 0 Å². The third-order valence-corrected chi connectivity index (χ3v) is 2.42. The zero-order valence-corrected chi connectivity index (χ0v) is 6.48. The predicted octanol–water partition coefficient (Wildman–Crippen LogP) is 2.03.